The van der Waals surface area contributed by atoms with E-state index in [1.54, 1.807) is 6.33 Å². The maximum atomic E-state index is 10.6. The van der Waals surface area contributed by atoms with E-state index >= 15 is 0 Å². The van der Waals surface area contributed by atoms with Crippen molar-refractivity contribution < 1.29 is 5.11 Å². The van der Waals surface area contributed by atoms with Gasteiger partial charge in [-0.15, -0.1) is 10.2 Å². The predicted octanol–water partition coefficient (Wildman–Crippen LogP) is 3.26. The summed E-state index contributed by atoms with van der Waals surface area (Å²) in [5.41, 5.74) is 3.25. The van der Waals surface area contributed by atoms with Crippen molar-refractivity contribution in [3.8, 4) is 11.1 Å². The van der Waals surface area contributed by atoms with Crippen LogP contribution in [0.5, 0.6) is 0 Å². The smallest absolute Gasteiger partial charge is 0.147 e. The van der Waals surface area contributed by atoms with Crippen LogP contribution in [0.25, 0.3) is 11.1 Å². The van der Waals surface area contributed by atoms with Crippen LogP contribution in [0, 0.1) is 0 Å². The number of rotatable bonds is 4. The molecule has 2 heterocycles. The SMILES string of the molecule is O[C@@H](CN1CCn2cnnc2C1)c1ccc(-c2ccc(Br)cc2)cc1. The minimum absolute atomic E-state index is 0.506. The first-order valence-electron chi connectivity index (χ1n) is 8.32. The third kappa shape index (κ3) is 3.66. The van der Waals surface area contributed by atoms with Crippen molar-refractivity contribution in [3.63, 3.8) is 0 Å². The summed E-state index contributed by atoms with van der Waals surface area (Å²) in [6, 6.07) is 16.4. The van der Waals surface area contributed by atoms with E-state index in [0.717, 1.165) is 41.1 Å². The molecule has 0 saturated carbocycles. The van der Waals surface area contributed by atoms with E-state index in [9.17, 15) is 5.11 Å². The van der Waals surface area contributed by atoms with Gasteiger partial charge in [0.15, 0.2) is 0 Å². The summed E-state index contributed by atoms with van der Waals surface area (Å²) in [6.45, 7) is 3.11. The number of hydrogen-bond donors (Lipinski definition) is 1. The number of β-amino-alcohol motifs (C(OH)–C–C–N with tert-alkyl or cyclic N) is 1. The van der Waals surface area contributed by atoms with Crippen LogP contribution < -0.4 is 0 Å². The van der Waals surface area contributed by atoms with Gasteiger partial charge in [0.2, 0.25) is 0 Å². The Balaban J connectivity index is 1.42. The molecule has 128 valence electrons. The highest BCUT2D eigenvalue weighted by atomic mass is 79.9. The molecule has 0 fully saturated rings. The van der Waals surface area contributed by atoms with Gasteiger partial charge >= 0.3 is 0 Å². The van der Waals surface area contributed by atoms with Crippen LogP contribution >= 0.6 is 15.9 Å². The molecule has 0 bridgehead atoms. The molecule has 0 spiro atoms. The number of nitrogens with zero attached hydrogens (tertiary/aromatic N) is 4. The number of fused-ring (bicyclic) bond motifs is 1. The normalized spacial score (nSPS) is 15.8. The Bertz CT molecular complexity index is 845. The summed E-state index contributed by atoms with van der Waals surface area (Å²) in [6.07, 6.45) is 1.26. The molecule has 0 radical (unpaired) electrons. The second-order valence-corrected chi connectivity index (χ2v) is 7.24. The highest BCUT2D eigenvalue weighted by Crippen LogP contribution is 2.24. The van der Waals surface area contributed by atoms with Gasteiger partial charge in [0.25, 0.3) is 0 Å². The minimum atomic E-state index is -0.506. The van der Waals surface area contributed by atoms with Crippen LogP contribution in [0.2, 0.25) is 0 Å². The summed E-state index contributed by atoms with van der Waals surface area (Å²) in [7, 11) is 0. The van der Waals surface area contributed by atoms with Crippen LogP contribution in [-0.2, 0) is 13.1 Å². The van der Waals surface area contributed by atoms with Crippen LogP contribution in [0.3, 0.4) is 0 Å². The lowest BCUT2D eigenvalue weighted by Crippen LogP contribution is -2.36. The highest BCUT2D eigenvalue weighted by molar-refractivity contribution is 9.10. The first-order chi connectivity index (χ1) is 12.2. The van der Waals surface area contributed by atoms with E-state index in [2.05, 4.69) is 59.9 Å². The maximum Gasteiger partial charge on any atom is 0.147 e. The molecule has 0 saturated heterocycles. The Morgan fingerprint density at radius 3 is 2.40 bits per heavy atom. The van der Waals surface area contributed by atoms with Gasteiger partial charge in [-0.25, -0.2) is 0 Å². The molecule has 3 aromatic rings. The second kappa shape index (κ2) is 7.07. The first-order valence-corrected chi connectivity index (χ1v) is 9.11. The summed E-state index contributed by atoms with van der Waals surface area (Å²) in [5.74, 6) is 0.962. The van der Waals surface area contributed by atoms with Gasteiger partial charge in [0.1, 0.15) is 12.2 Å². The van der Waals surface area contributed by atoms with Gasteiger partial charge in [-0.2, -0.15) is 0 Å². The van der Waals surface area contributed by atoms with Crippen molar-refractivity contribution in [2.45, 2.75) is 19.2 Å². The van der Waals surface area contributed by atoms with E-state index in [1.165, 1.54) is 5.56 Å². The van der Waals surface area contributed by atoms with Crippen LogP contribution in [0.4, 0.5) is 0 Å². The van der Waals surface area contributed by atoms with Crippen molar-refractivity contribution in [2.75, 3.05) is 13.1 Å². The summed E-state index contributed by atoms with van der Waals surface area (Å²) >= 11 is 3.46. The minimum Gasteiger partial charge on any atom is -0.387 e. The van der Waals surface area contributed by atoms with Gasteiger partial charge in [-0.3, -0.25) is 4.90 Å². The van der Waals surface area contributed by atoms with Crippen molar-refractivity contribution in [2.24, 2.45) is 0 Å². The molecule has 5 nitrogen and oxygen atoms in total. The van der Waals surface area contributed by atoms with Gasteiger partial charge in [-0.05, 0) is 28.8 Å². The average molecular weight is 399 g/mol. The van der Waals surface area contributed by atoms with Crippen LogP contribution in [0.15, 0.2) is 59.3 Å². The standard InChI is InChI=1S/C19H19BrN4O/c20-17-7-5-15(6-8-17)14-1-3-16(4-2-14)18(25)11-23-9-10-24-13-21-22-19(24)12-23/h1-8,13,18,25H,9-12H2/t18-/m0/s1. The van der Waals surface area contributed by atoms with E-state index in [0.29, 0.717) is 6.54 Å². The van der Waals surface area contributed by atoms with Crippen molar-refractivity contribution in [3.05, 3.63) is 70.7 Å². The van der Waals surface area contributed by atoms with Crippen LogP contribution in [0.1, 0.15) is 17.5 Å². The monoisotopic (exact) mass is 398 g/mol. The maximum absolute atomic E-state index is 10.6. The molecule has 0 amide bonds. The third-order valence-corrected chi connectivity index (χ3v) is 5.15. The summed E-state index contributed by atoms with van der Waals surface area (Å²) in [5, 5.41) is 18.6. The molecule has 1 N–H and O–H groups in total. The third-order valence-electron chi connectivity index (χ3n) is 4.62. The van der Waals surface area contributed by atoms with Gasteiger partial charge in [-0.1, -0.05) is 52.3 Å². The Hall–Kier alpha value is -2.02. The molecule has 1 aliphatic rings. The van der Waals surface area contributed by atoms with Crippen molar-refractivity contribution >= 4 is 15.9 Å². The van der Waals surface area contributed by atoms with Gasteiger partial charge in [0, 0.05) is 24.1 Å². The van der Waals surface area contributed by atoms with Crippen LogP contribution in [-0.4, -0.2) is 37.9 Å². The molecule has 4 rings (SSSR count). The quantitative estimate of drug-likeness (QED) is 0.732. The first kappa shape index (κ1) is 16.4. The largest absolute Gasteiger partial charge is 0.387 e. The molecule has 25 heavy (non-hydrogen) atoms. The van der Waals surface area contributed by atoms with E-state index < -0.39 is 6.10 Å². The number of hydrogen-bond acceptors (Lipinski definition) is 4. The van der Waals surface area contributed by atoms with E-state index in [1.807, 2.05) is 24.3 Å². The summed E-state index contributed by atoms with van der Waals surface area (Å²) in [4.78, 5) is 2.22. The summed E-state index contributed by atoms with van der Waals surface area (Å²) < 4.78 is 3.14. The van der Waals surface area contributed by atoms with Gasteiger partial charge < -0.3 is 9.67 Å². The highest BCUT2D eigenvalue weighted by Gasteiger charge is 2.20. The molecule has 0 aliphatic carbocycles. The lowest BCUT2D eigenvalue weighted by Gasteiger charge is -2.28. The number of halogens is 1. The lowest BCUT2D eigenvalue weighted by molar-refractivity contribution is 0.0962. The number of aliphatic hydroxyl groups excluding tert-OH is 1. The predicted molar refractivity (Wildman–Crippen MR) is 99.8 cm³/mol. The Morgan fingerprint density at radius 2 is 1.68 bits per heavy atom. The molecular weight excluding hydrogens is 380 g/mol. The fourth-order valence-electron chi connectivity index (χ4n) is 3.16. The van der Waals surface area contributed by atoms with Crippen molar-refractivity contribution in [1.82, 2.24) is 19.7 Å². The average Bonchev–Trinajstić information content (AvgIpc) is 3.10. The molecule has 1 aromatic heterocycles. The zero-order chi connectivity index (χ0) is 17.2. The molecule has 1 aliphatic heterocycles. The molecule has 0 unspecified atom stereocenters. The molecule has 1 atom stereocenters. The molecular formula is C19H19BrN4O. The second-order valence-electron chi connectivity index (χ2n) is 6.32. The van der Waals surface area contributed by atoms with Gasteiger partial charge in [0.05, 0.1) is 12.6 Å². The molecule has 2 aromatic carbocycles. The fraction of sp³-hybridized carbons (Fsp3) is 0.263. The zero-order valence-electron chi connectivity index (χ0n) is 13.7. The fourth-order valence-corrected chi connectivity index (χ4v) is 3.43. The number of aliphatic hydroxyl groups is 1. The Morgan fingerprint density at radius 1 is 1.00 bits per heavy atom. The van der Waals surface area contributed by atoms with E-state index in [-0.39, 0.29) is 0 Å². The Labute approximate surface area is 155 Å². The zero-order valence-corrected chi connectivity index (χ0v) is 15.3. The van der Waals surface area contributed by atoms with Crippen molar-refractivity contribution in [1.29, 1.82) is 0 Å². The topological polar surface area (TPSA) is 54.2 Å². The van der Waals surface area contributed by atoms with E-state index in [4.69, 9.17) is 0 Å². The Kier molecular flexibility index (Phi) is 4.65. The number of benzene rings is 2. The number of aromatic nitrogens is 3. The lowest BCUT2D eigenvalue weighted by atomic mass is 10.0. The molecule has 6 heteroatoms.